The SMILES string of the molecule is CCCc1c(F)cc(F)c(SP(=O)(Cl)Cl)c1F. The summed E-state index contributed by atoms with van der Waals surface area (Å²) in [4.78, 5) is -0.608. The first-order chi connectivity index (χ1) is 7.76. The lowest BCUT2D eigenvalue weighted by molar-refractivity contribution is 0.492. The highest BCUT2D eigenvalue weighted by atomic mass is 35.9. The van der Waals surface area contributed by atoms with Crippen molar-refractivity contribution in [2.75, 3.05) is 0 Å². The number of hydrogen-bond donors (Lipinski definition) is 0. The molecule has 0 saturated heterocycles. The molecule has 0 aliphatic heterocycles. The lowest BCUT2D eigenvalue weighted by Crippen LogP contribution is -2.00. The van der Waals surface area contributed by atoms with Crippen LogP contribution < -0.4 is 0 Å². The Morgan fingerprint density at radius 2 is 1.88 bits per heavy atom. The minimum atomic E-state index is -3.74. The summed E-state index contributed by atoms with van der Waals surface area (Å²) in [6.45, 7) is 1.73. The van der Waals surface area contributed by atoms with Gasteiger partial charge < -0.3 is 0 Å². The lowest BCUT2D eigenvalue weighted by Gasteiger charge is -2.10. The van der Waals surface area contributed by atoms with Crippen LogP contribution in [0.15, 0.2) is 11.0 Å². The van der Waals surface area contributed by atoms with Gasteiger partial charge in [-0.1, -0.05) is 13.3 Å². The normalized spacial score (nSPS) is 11.9. The van der Waals surface area contributed by atoms with Crippen LogP contribution in [0.3, 0.4) is 0 Å². The fourth-order valence-electron chi connectivity index (χ4n) is 1.28. The lowest BCUT2D eigenvalue weighted by atomic mass is 10.1. The van der Waals surface area contributed by atoms with Crippen LogP contribution >= 0.6 is 38.9 Å². The third-order valence-corrected chi connectivity index (χ3v) is 5.12. The van der Waals surface area contributed by atoms with Gasteiger partial charge in [0, 0.05) is 11.6 Å². The summed E-state index contributed by atoms with van der Waals surface area (Å²) in [7, 11) is 0. The number of hydrogen-bond acceptors (Lipinski definition) is 2. The van der Waals surface area contributed by atoms with E-state index in [1.165, 1.54) is 0 Å². The summed E-state index contributed by atoms with van der Waals surface area (Å²) in [6.07, 6.45) is 0.601. The van der Waals surface area contributed by atoms with Crippen LogP contribution in [0.25, 0.3) is 0 Å². The second-order valence-corrected chi connectivity index (χ2v) is 11.3. The molecule has 1 rings (SSSR count). The van der Waals surface area contributed by atoms with E-state index in [0.717, 1.165) is 0 Å². The highest BCUT2D eigenvalue weighted by Gasteiger charge is 2.25. The summed E-state index contributed by atoms with van der Waals surface area (Å²) >= 11 is 10.6. The first-order valence-electron chi connectivity index (χ1n) is 4.61. The van der Waals surface area contributed by atoms with Crippen LogP contribution in [0.2, 0.25) is 0 Å². The number of benzene rings is 1. The zero-order valence-corrected chi connectivity index (χ0v) is 11.9. The van der Waals surface area contributed by atoms with E-state index in [1.54, 1.807) is 6.92 Å². The molecular weight excluding hydrogens is 315 g/mol. The van der Waals surface area contributed by atoms with Crippen LogP contribution in [-0.2, 0) is 11.0 Å². The first kappa shape index (κ1) is 15.2. The molecule has 1 nitrogen and oxygen atoms in total. The van der Waals surface area contributed by atoms with Gasteiger partial charge in [-0.25, -0.2) is 13.2 Å². The van der Waals surface area contributed by atoms with Crippen molar-refractivity contribution in [3.05, 3.63) is 29.1 Å². The average Bonchev–Trinajstić information content (AvgIpc) is 2.18. The van der Waals surface area contributed by atoms with Crippen molar-refractivity contribution >= 4 is 38.9 Å². The Balaban J connectivity index is 3.30. The molecule has 1 aromatic rings. The van der Waals surface area contributed by atoms with Crippen molar-refractivity contribution in [1.82, 2.24) is 0 Å². The standard InChI is InChI=1S/C9H8Cl2F3OPS/c1-2-3-5-6(12)4-7(13)9(8(5)14)17-16(10,11)15/h4H,2-3H2,1H3. The van der Waals surface area contributed by atoms with Gasteiger partial charge in [0.2, 0.25) is 0 Å². The molecule has 17 heavy (non-hydrogen) atoms. The topological polar surface area (TPSA) is 17.1 Å². The Hall–Kier alpha value is 0.170. The van der Waals surface area contributed by atoms with Crippen LogP contribution in [-0.4, -0.2) is 0 Å². The molecule has 96 valence electrons. The van der Waals surface area contributed by atoms with Crippen LogP contribution in [0.5, 0.6) is 0 Å². The van der Waals surface area contributed by atoms with Gasteiger partial charge in [0.05, 0.1) is 4.90 Å². The molecule has 0 aliphatic carbocycles. The average molecular weight is 323 g/mol. The molecule has 0 spiro atoms. The predicted octanol–water partition coefficient (Wildman–Crippen LogP) is 5.73. The maximum absolute atomic E-state index is 13.8. The molecule has 0 aromatic heterocycles. The van der Waals surface area contributed by atoms with Crippen LogP contribution in [0.4, 0.5) is 13.2 Å². The molecule has 0 amide bonds. The minimum Gasteiger partial charge on any atom is -0.277 e. The zero-order chi connectivity index (χ0) is 13.2. The van der Waals surface area contributed by atoms with Crippen molar-refractivity contribution in [2.24, 2.45) is 0 Å². The molecule has 1 aromatic carbocycles. The van der Waals surface area contributed by atoms with Crippen molar-refractivity contribution in [1.29, 1.82) is 0 Å². The van der Waals surface area contributed by atoms with Gasteiger partial charge in [0.25, 0.3) is 0 Å². The molecule has 8 heteroatoms. The quantitative estimate of drug-likeness (QED) is 0.658. The van der Waals surface area contributed by atoms with Gasteiger partial charge in [-0.2, -0.15) is 0 Å². The van der Waals surface area contributed by atoms with Gasteiger partial charge in [-0.15, -0.1) is 0 Å². The molecule has 0 saturated carbocycles. The molecule has 0 fully saturated rings. The summed E-state index contributed by atoms with van der Waals surface area (Å²) < 4.78 is 51.5. The largest absolute Gasteiger partial charge is 0.312 e. The molecule has 0 heterocycles. The van der Waals surface area contributed by atoms with Gasteiger partial charge in [-0.3, -0.25) is 4.57 Å². The minimum absolute atomic E-state index is 0.111. The number of rotatable bonds is 4. The van der Waals surface area contributed by atoms with Gasteiger partial charge >= 0.3 is 5.05 Å². The van der Waals surface area contributed by atoms with Gasteiger partial charge in [0.15, 0.2) is 0 Å². The highest BCUT2D eigenvalue weighted by Crippen LogP contribution is 2.71. The second kappa shape index (κ2) is 5.87. The Morgan fingerprint density at radius 3 is 2.35 bits per heavy atom. The van der Waals surface area contributed by atoms with Crippen molar-refractivity contribution in [2.45, 2.75) is 24.7 Å². The second-order valence-electron chi connectivity index (χ2n) is 3.22. The zero-order valence-electron chi connectivity index (χ0n) is 8.65. The molecule has 0 unspecified atom stereocenters. The third-order valence-electron chi connectivity index (χ3n) is 1.92. The van der Waals surface area contributed by atoms with Crippen molar-refractivity contribution < 1.29 is 17.7 Å². The summed E-state index contributed by atoms with van der Waals surface area (Å²) in [5.41, 5.74) is -0.252. The Kier molecular flexibility index (Phi) is 5.26. The fourth-order valence-corrected chi connectivity index (χ4v) is 4.22. The van der Waals surface area contributed by atoms with Crippen LogP contribution in [0, 0.1) is 17.5 Å². The summed E-state index contributed by atoms with van der Waals surface area (Å²) in [6, 6.07) is 0.542. The molecule has 0 radical (unpaired) electrons. The van der Waals surface area contributed by atoms with E-state index in [4.69, 9.17) is 22.5 Å². The van der Waals surface area contributed by atoms with E-state index in [1.807, 2.05) is 0 Å². The Bertz CT molecular complexity index is 478. The molecule has 0 aliphatic rings. The Labute approximate surface area is 110 Å². The van der Waals surface area contributed by atoms with Crippen molar-refractivity contribution in [3.63, 3.8) is 0 Å². The van der Waals surface area contributed by atoms with E-state index in [-0.39, 0.29) is 23.4 Å². The van der Waals surface area contributed by atoms with E-state index in [2.05, 4.69) is 0 Å². The number of halogens is 5. The predicted molar refractivity (Wildman–Crippen MR) is 65.5 cm³/mol. The van der Waals surface area contributed by atoms with Gasteiger partial charge in [0.1, 0.15) is 17.5 Å². The van der Waals surface area contributed by atoms with E-state index in [0.29, 0.717) is 12.5 Å². The Morgan fingerprint density at radius 1 is 1.29 bits per heavy atom. The smallest absolute Gasteiger partial charge is 0.277 e. The third kappa shape index (κ3) is 4.09. The van der Waals surface area contributed by atoms with E-state index < -0.39 is 27.4 Å². The van der Waals surface area contributed by atoms with Gasteiger partial charge in [-0.05, 0) is 40.3 Å². The molecule has 0 atom stereocenters. The fraction of sp³-hybridized carbons (Fsp3) is 0.333. The summed E-state index contributed by atoms with van der Waals surface area (Å²) in [5, 5.41) is -3.74. The highest BCUT2D eigenvalue weighted by molar-refractivity contribution is 8.72. The van der Waals surface area contributed by atoms with E-state index >= 15 is 0 Å². The molecule has 0 N–H and O–H groups in total. The van der Waals surface area contributed by atoms with Crippen molar-refractivity contribution in [3.8, 4) is 0 Å². The van der Waals surface area contributed by atoms with E-state index in [9.17, 15) is 17.7 Å². The molecule has 0 bridgehead atoms. The molecular formula is C9H8Cl2F3OPS. The maximum atomic E-state index is 13.8. The van der Waals surface area contributed by atoms with Crippen LogP contribution in [0.1, 0.15) is 18.9 Å². The summed E-state index contributed by atoms with van der Waals surface area (Å²) in [5.74, 6) is -3.22. The maximum Gasteiger partial charge on any atom is 0.312 e. The first-order valence-corrected chi connectivity index (χ1v) is 9.55. The monoisotopic (exact) mass is 322 g/mol.